The van der Waals surface area contributed by atoms with Gasteiger partial charge in [0.2, 0.25) is 11.8 Å². The van der Waals surface area contributed by atoms with Gasteiger partial charge in [0, 0.05) is 18.7 Å². The summed E-state index contributed by atoms with van der Waals surface area (Å²) in [7, 11) is 1.56. The maximum atomic E-state index is 13.2. The molecule has 1 saturated heterocycles. The van der Waals surface area contributed by atoms with Crippen molar-refractivity contribution >= 4 is 29.7 Å². The van der Waals surface area contributed by atoms with E-state index >= 15 is 0 Å². The largest absolute Gasteiger partial charge is 0.495 e. The van der Waals surface area contributed by atoms with Crippen LogP contribution >= 0.6 is 0 Å². The summed E-state index contributed by atoms with van der Waals surface area (Å²) in [5, 5.41) is 8.36. The van der Waals surface area contributed by atoms with Gasteiger partial charge in [0.05, 0.1) is 19.3 Å². The molecule has 2 fully saturated rings. The predicted octanol–water partition coefficient (Wildman–Crippen LogP) is 1.62. The first-order valence-electron chi connectivity index (χ1n) is 12.3. The van der Waals surface area contributed by atoms with Gasteiger partial charge in [0.1, 0.15) is 29.4 Å². The third-order valence-electron chi connectivity index (χ3n) is 7.00. The van der Waals surface area contributed by atoms with Gasteiger partial charge >= 0.3 is 0 Å². The van der Waals surface area contributed by atoms with Gasteiger partial charge in [-0.05, 0) is 37.3 Å². The molecule has 35 heavy (non-hydrogen) atoms. The molecule has 2 aliphatic rings. The van der Waals surface area contributed by atoms with E-state index in [1.807, 2.05) is 0 Å². The summed E-state index contributed by atoms with van der Waals surface area (Å²) in [5.41, 5.74) is 0.773. The molecule has 1 aliphatic carbocycles. The molecule has 3 atom stereocenters. The lowest BCUT2D eigenvalue weighted by atomic mass is 9.84. The Morgan fingerprint density at radius 1 is 1.17 bits per heavy atom. The number of carbonyl (C=O) groups is 4. The minimum absolute atomic E-state index is 0.0957. The third-order valence-corrected chi connectivity index (χ3v) is 7.00. The van der Waals surface area contributed by atoms with Crippen molar-refractivity contribution in [1.82, 2.24) is 25.3 Å². The number of carbonyl (C=O) groups excluding carboxylic acids is 4. The normalized spacial score (nSPS) is 20.1. The van der Waals surface area contributed by atoms with E-state index in [4.69, 9.17) is 4.74 Å². The van der Waals surface area contributed by atoms with Crippen LogP contribution in [0.4, 0.5) is 0 Å². The molecule has 0 spiro atoms. The number of amides is 3. The number of ether oxygens (including phenoxy) is 1. The zero-order valence-corrected chi connectivity index (χ0v) is 20.0. The highest BCUT2D eigenvalue weighted by atomic mass is 16.5. The molecule has 1 unspecified atom stereocenters. The van der Waals surface area contributed by atoms with E-state index in [1.165, 1.54) is 6.42 Å². The maximum absolute atomic E-state index is 13.2. The summed E-state index contributed by atoms with van der Waals surface area (Å²) in [6.07, 6.45) is 10.8. The Balaban J connectivity index is 1.46. The smallest absolute Gasteiger partial charge is 0.272 e. The van der Waals surface area contributed by atoms with Crippen molar-refractivity contribution in [2.24, 2.45) is 11.8 Å². The van der Waals surface area contributed by atoms with E-state index in [1.54, 1.807) is 36.0 Å². The van der Waals surface area contributed by atoms with Gasteiger partial charge in [-0.15, -0.1) is 0 Å². The lowest BCUT2D eigenvalue weighted by Crippen LogP contribution is -2.51. The minimum atomic E-state index is -0.801. The van der Waals surface area contributed by atoms with Crippen LogP contribution in [0.3, 0.4) is 0 Å². The number of methoxy groups -OCH3 is 1. The lowest BCUT2D eigenvalue weighted by molar-refractivity contribution is -0.127. The topological polar surface area (TPSA) is 131 Å². The number of hydrogen-bond donors (Lipinski definition) is 3. The molecule has 0 bridgehead atoms. The highest BCUT2D eigenvalue weighted by Gasteiger charge is 2.31. The summed E-state index contributed by atoms with van der Waals surface area (Å²) < 4.78 is 6.91. The first-order valence-corrected chi connectivity index (χ1v) is 12.3. The first-order chi connectivity index (χ1) is 17.0. The monoisotopic (exact) mass is 483 g/mol. The van der Waals surface area contributed by atoms with Crippen molar-refractivity contribution in [2.45, 2.75) is 63.5 Å². The fourth-order valence-electron chi connectivity index (χ4n) is 5.03. The molecule has 3 N–H and O–H groups in total. The van der Waals surface area contributed by atoms with Gasteiger partial charge in [0.25, 0.3) is 5.91 Å². The summed E-state index contributed by atoms with van der Waals surface area (Å²) in [5.74, 6) is -0.313. The Labute approximate surface area is 204 Å². The Bertz CT molecular complexity index is 1080. The Kier molecular flexibility index (Phi) is 7.99. The van der Waals surface area contributed by atoms with Crippen LogP contribution in [0, 0.1) is 11.8 Å². The molecular formula is C25H33N5O5. The third kappa shape index (κ3) is 6.17. The molecule has 3 heterocycles. The van der Waals surface area contributed by atoms with E-state index in [0.29, 0.717) is 43.0 Å². The standard InChI is InChI=1S/C25H33N5O5/c1-35-19-7-8-22-28-21(14-30(22)13-19)25(34)29-20(11-16-5-3-2-4-6-16)24(33)27-18(15-31)12-17-9-10-26-23(17)32/h7-8,13-18,20H,2-6,9-12H2,1H3,(H,26,32)(H,27,33)(H,29,34)/t17-,18?,20-/m0/s1. The number of aromatic nitrogens is 2. The Hall–Kier alpha value is -3.43. The second-order valence-corrected chi connectivity index (χ2v) is 9.49. The minimum Gasteiger partial charge on any atom is -0.495 e. The van der Waals surface area contributed by atoms with Crippen LogP contribution in [0.5, 0.6) is 5.75 Å². The van der Waals surface area contributed by atoms with Crippen LogP contribution < -0.4 is 20.7 Å². The van der Waals surface area contributed by atoms with E-state index in [9.17, 15) is 19.2 Å². The summed E-state index contributed by atoms with van der Waals surface area (Å²) in [6, 6.07) is 1.91. The second-order valence-electron chi connectivity index (χ2n) is 9.49. The second kappa shape index (κ2) is 11.3. The molecular weight excluding hydrogens is 450 g/mol. The van der Waals surface area contributed by atoms with E-state index < -0.39 is 23.9 Å². The van der Waals surface area contributed by atoms with E-state index in [0.717, 1.165) is 25.7 Å². The van der Waals surface area contributed by atoms with Gasteiger partial charge in [0.15, 0.2) is 0 Å². The number of pyridine rings is 1. The lowest BCUT2D eigenvalue weighted by Gasteiger charge is -2.27. The molecule has 188 valence electrons. The van der Waals surface area contributed by atoms with Crippen molar-refractivity contribution in [1.29, 1.82) is 0 Å². The first kappa shape index (κ1) is 24.7. The summed E-state index contributed by atoms with van der Waals surface area (Å²) >= 11 is 0. The molecule has 10 heteroatoms. The predicted molar refractivity (Wildman–Crippen MR) is 128 cm³/mol. The molecule has 4 rings (SSSR count). The van der Waals surface area contributed by atoms with Crippen LogP contribution in [-0.4, -0.2) is 59.1 Å². The van der Waals surface area contributed by atoms with Crippen molar-refractivity contribution in [3.8, 4) is 5.75 Å². The fraction of sp³-hybridized carbons (Fsp3) is 0.560. The molecule has 1 aliphatic heterocycles. The number of imidazole rings is 1. The van der Waals surface area contributed by atoms with E-state index in [2.05, 4.69) is 20.9 Å². The van der Waals surface area contributed by atoms with Crippen LogP contribution in [-0.2, 0) is 14.4 Å². The van der Waals surface area contributed by atoms with Gasteiger partial charge < -0.3 is 29.9 Å². The van der Waals surface area contributed by atoms with Gasteiger partial charge in [-0.3, -0.25) is 14.4 Å². The molecule has 0 radical (unpaired) electrons. The molecule has 2 aromatic rings. The Morgan fingerprint density at radius 2 is 1.97 bits per heavy atom. The number of nitrogens with one attached hydrogen (secondary N) is 3. The highest BCUT2D eigenvalue weighted by Crippen LogP contribution is 2.27. The van der Waals surface area contributed by atoms with Crippen LogP contribution in [0.2, 0.25) is 0 Å². The van der Waals surface area contributed by atoms with Crippen molar-refractivity contribution in [3.05, 3.63) is 30.2 Å². The number of rotatable bonds is 10. The average molecular weight is 484 g/mol. The average Bonchev–Trinajstić information content (AvgIpc) is 3.49. The molecule has 10 nitrogen and oxygen atoms in total. The SMILES string of the molecule is COc1ccc2nc(C(=O)N[C@@H](CC3CCCCC3)C(=O)NC(C=O)C[C@@H]3CCNC3=O)cn2c1. The van der Waals surface area contributed by atoms with E-state index in [-0.39, 0.29) is 23.9 Å². The number of nitrogens with zero attached hydrogens (tertiary/aromatic N) is 2. The van der Waals surface area contributed by atoms with Crippen LogP contribution in [0.25, 0.3) is 5.65 Å². The molecule has 0 aromatic carbocycles. The van der Waals surface area contributed by atoms with Crippen molar-refractivity contribution in [2.75, 3.05) is 13.7 Å². The summed E-state index contributed by atoms with van der Waals surface area (Å²) in [6.45, 7) is 0.578. The zero-order chi connectivity index (χ0) is 24.8. The highest BCUT2D eigenvalue weighted by molar-refractivity contribution is 5.97. The number of fused-ring (bicyclic) bond motifs is 1. The maximum Gasteiger partial charge on any atom is 0.272 e. The number of hydrogen-bond acceptors (Lipinski definition) is 6. The Morgan fingerprint density at radius 3 is 2.66 bits per heavy atom. The molecule has 3 amide bonds. The quantitative estimate of drug-likeness (QED) is 0.440. The van der Waals surface area contributed by atoms with Crippen molar-refractivity contribution < 1.29 is 23.9 Å². The molecule has 2 aromatic heterocycles. The summed E-state index contributed by atoms with van der Waals surface area (Å²) in [4.78, 5) is 54.3. The number of aldehydes is 1. The van der Waals surface area contributed by atoms with Gasteiger partial charge in [-0.25, -0.2) is 4.98 Å². The molecule has 1 saturated carbocycles. The van der Waals surface area contributed by atoms with Crippen molar-refractivity contribution in [3.63, 3.8) is 0 Å². The van der Waals surface area contributed by atoms with Gasteiger partial charge in [-0.2, -0.15) is 0 Å². The van der Waals surface area contributed by atoms with Gasteiger partial charge in [-0.1, -0.05) is 32.1 Å². The van der Waals surface area contributed by atoms with Crippen LogP contribution in [0.1, 0.15) is 61.9 Å². The fourth-order valence-corrected chi connectivity index (χ4v) is 5.03. The zero-order valence-electron chi connectivity index (χ0n) is 20.0. The van der Waals surface area contributed by atoms with Crippen LogP contribution in [0.15, 0.2) is 24.5 Å².